The number of nitrogens with one attached hydrogen (secondary N) is 1. The lowest BCUT2D eigenvalue weighted by molar-refractivity contribution is -0.137. The predicted octanol–water partition coefficient (Wildman–Crippen LogP) is 4.86. The van der Waals surface area contributed by atoms with Crippen molar-refractivity contribution in [1.82, 2.24) is 14.7 Å². The number of para-hydroxylation sites is 1. The van der Waals surface area contributed by atoms with Crippen molar-refractivity contribution in [3.05, 3.63) is 102 Å². The van der Waals surface area contributed by atoms with E-state index in [4.69, 9.17) is 4.74 Å². The van der Waals surface area contributed by atoms with Gasteiger partial charge in [-0.2, -0.15) is 13.2 Å². The molecule has 4 rings (SSSR count). The first kappa shape index (κ1) is 20.5. The number of carbonyl (C=O) groups is 1. The van der Waals surface area contributed by atoms with E-state index in [-0.39, 0.29) is 13.2 Å². The molecular weight excluding hydrogens is 407 g/mol. The minimum atomic E-state index is -4.43. The molecule has 158 valence electrons. The summed E-state index contributed by atoms with van der Waals surface area (Å²) < 4.78 is 46.3. The van der Waals surface area contributed by atoms with Crippen LogP contribution in [0.25, 0.3) is 5.65 Å². The molecule has 0 aliphatic heterocycles. The van der Waals surface area contributed by atoms with Crippen LogP contribution in [0, 0.1) is 0 Å². The number of benzene rings is 2. The monoisotopic (exact) mass is 425 g/mol. The molecule has 5 nitrogen and oxygen atoms in total. The molecule has 1 N–H and O–H groups in total. The molecule has 0 unspecified atom stereocenters. The molecule has 2 aromatic heterocycles. The zero-order valence-corrected chi connectivity index (χ0v) is 16.3. The molecule has 0 aliphatic rings. The van der Waals surface area contributed by atoms with Gasteiger partial charge in [0.05, 0.1) is 16.8 Å². The fraction of sp³-hybridized carbons (Fsp3) is 0.130. The first-order valence-corrected chi connectivity index (χ1v) is 9.49. The average molecular weight is 425 g/mol. The van der Waals surface area contributed by atoms with Crippen molar-refractivity contribution in [2.45, 2.75) is 19.3 Å². The van der Waals surface area contributed by atoms with E-state index >= 15 is 0 Å². The summed E-state index contributed by atoms with van der Waals surface area (Å²) in [6, 6.07) is 17.2. The molecule has 1 amide bonds. The highest BCUT2D eigenvalue weighted by molar-refractivity contribution is 5.96. The minimum Gasteiger partial charge on any atom is -0.486 e. The number of hydrogen-bond acceptors (Lipinski definition) is 3. The van der Waals surface area contributed by atoms with Gasteiger partial charge in [-0.05, 0) is 42.0 Å². The lowest BCUT2D eigenvalue weighted by Crippen LogP contribution is -2.23. The molecule has 2 aromatic carbocycles. The highest BCUT2D eigenvalue weighted by Crippen LogP contribution is 2.29. The average Bonchev–Trinajstić information content (AvgIpc) is 3.19. The standard InChI is InChI=1S/C23H18F3N3O2/c24-23(25,26)17-7-5-6-16(12-17)13-27-22(30)19-8-1-2-9-20(19)31-15-18-14-29-11-4-3-10-21(29)28-18/h1-12,14H,13,15H2,(H,27,30). The van der Waals surface area contributed by atoms with Crippen LogP contribution < -0.4 is 10.1 Å². The van der Waals surface area contributed by atoms with Crippen molar-refractivity contribution in [3.63, 3.8) is 0 Å². The highest BCUT2D eigenvalue weighted by Gasteiger charge is 2.30. The van der Waals surface area contributed by atoms with Crippen LogP contribution in [0.2, 0.25) is 0 Å². The number of alkyl halides is 3. The van der Waals surface area contributed by atoms with Gasteiger partial charge in [-0.25, -0.2) is 4.98 Å². The molecule has 4 aromatic rings. The fourth-order valence-electron chi connectivity index (χ4n) is 3.12. The zero-order chi connectivity index (χ0) is 21.8. The van der Waals surface area contributed by atoms with Crippen molar-refractivity contribution in [3.8, 4) is 5.75 Å². The van der Waals surface area contributed by atoms with E-state index in [0.717, 1.165) is 17.8 Å². The SMILES string of the molecule is O=C(NCc1cccc(C(F)(F)F)c1)c1ccccc1OCc1cn2ccccc2n1. The molecule has 0 saturated heterocycles. The molecule has 0 radical (unpaired) electrons. The molecule has 0 saturated carbocycles. The summed E-state index contributed by atoms with van der Waals surface area (Å²) in [6.07, 6.45) is -0.717. The maximum Gasteiger partial charge on any atom is 0.416 e. The van der Waals surface area contributed by atoms with Crippen molar-refractivity contribution in [2.75, 3.05) is 0 Å². The molecule has 0 aliphatic carbocycles. The van der Waals surface area contributed by atoms with E-state index in [9.17, 15) is 18.0 Å². The van der Waals surface area contributed by atoms with Crippen LogP contribution in [0.4, 0.5) is 13.2 Å². The molecule has 0 atom stereocenters. The first-order chi connectivity index (χ1) is 14.9. The number of nitrogens with zero attached hydrogens (tertiary/aromatic N) is 2. The second-order valence-electron chi connectivity index (χ2n) is 6.86. The molecule has 0 bridgehead atoms. The maximum atomic E-state index is 12.9. The van der Waals surface area contributed by atoms with Gasteiger partial charge >= 0.3 is 6.18 Å². The highest BCUT2D eigenvalue weighted by atomic mass is 19.4. The summed E-state index contributed by atoms with van der Waals surface area (Å²) in [7, 11) is 0. The Kier molecular flexibility index (Phi) is 5.62. The van der Waals surface area contributed by atoms with Crippen LogP contribution >= 0.6 is 0 Å². The number of carbonyl (C=O) groups excluding carboxylic acids is 1. The van der Waals surface area contributed by atoms with Crippen molar-refractivity contribution < 1.29 is 22.7 Å². The molecule has 0 fully saturated rings. The van der Waals surface area contributed by atoms with Crippen LogP contribution in [-0.4, -0.2) is 15.3 Å². The number of hydrogen-bond donors (Lipinski definition) is 1. The third-order valence-electron chi connectivity index (χ3n) is 4.63. The Labute approximate surface area is 176 Å². The van der Waals surface area contributed by atoms with Gasteiger partial charge in [0.1, 0.15) is 18.0 Å². The lowest BCUT2D eigenvalue weighted by atomic mass is 10.1. The zero-order valence-electron chi connectivity index (χ0n) is 16.3. The lowest BCUT2D eigenvalue weighted by Gasteiger charge is -2.12. The largest absolute Gasteiger partial charge is 0.486 e. The van der Waals surface area contributed by atoms with Crippen molar-refractivity contribution in [1.29, 1.82) is 0 Å². The summed E-state index contributed by atoms with van der Waals surface area (Å²) in [5, 5.41) is 2.65. The molecule has 0 spiro atoms. The normalized spacial score (nSPS) is 11.5. The van der Waals surface area contributed by atoms with E-state index in [1.807, 2.05) is 35.0 Å². The summed E-state index contributed by atoms with van der Waals surface area (Å²) in [4.78, 5) is 17.1. The van der Waals surface area contributed by atoms with E-state index < -0.39 is 17.6 Å². The quantitative estimate of drug-likeness (QED) is 0.480. The van der Waals surface area contributed by atoms with Gasteiger partial charge in [0.15, 0.2) is 0 Å². The maximum absolute atomic E-state index is 12.9. The molecule has 2 heterocycles. The second-order valence-corrected chi connectivity index (χ2v) is 6.86. The van der Waals surface area contributed by atoms with Gasteiger partial charge in [0.25, 0.3) is 5.91 Å². The van der Waals surface area contributed by atoms with Crippen LogP contribution in [-0.2, 0) is 19.3 Å². The third-order valence-corrected chi connectivity index (χ3v) is 4.63. The van der Waals surface area contributed by atoms with Gasteiger partial charge in [-0.15, -0.1) is 0 Å². The third kappa shape index (κ3) is 4.85. The Morgan fingerprint density at radius 3 is 2.65 bits per heavy atom. The fourth-order valence-corrected chi connectivity index (χ4v) is 3.12. The number of ether oxygens (including phenoxy) is 1. The Morgan fingerprint density at radius 2 is 1.84 bits per heavy atom. The summed E-state index contributed by atoms with van der Waals surface area (Å²) in [5.74, 6) is -0.0795. The Balaban J connectivity index is 1.43. The Morgan fingerprint density at radius 1 is 1.03 bits per heavy atom. The molecule has 8 heteroatoms. The summed E-state index contributed by atoms with van der Waals surface area (Å²) >= 11 is 0. The smallest absolute Gasteiger partial charge is 0.416 e. The Hall–Kier alpha value is -3.81. The van der Waals surface area contributed by atoms with E-state index in [1.165, 1.54) is 12.1 Å². The van der Waals surface area contributed by atoms with Gasteiger partial charge in [0.2, 0.25) is 0 Å². The second kappa shape index (κ2) is 8.51. The van der Waals surface area contributed by atoms with E-state index in [0.29, 0.717) is 22.6 Å². The van der Waals surface area contributed by atoms with Crippen molar-refractivity contribution in [2.24, 2.45) is 0 Å². The van der Waals surface area contributed by atoms with E-state index in [2.05, 4.69) is 10.3 Å². The van der Waals surface area contributed by atoms with Gasteiger partial charge in [-0.1, -0.05) is 30.3 Å². The number of amides is 1. The number of aromatic nitrogens is 2. The van der Waals surface area contributed by atoms with Crippen molar-refractivity contribution >= 4 is 11.6 Å². The predicted molar refractivity (Wildman–Crippen MR) is 109 cm³/mol. The van der Waals surface area contributed by atoms with Crippen LogP contribution in [0.3, 0.4) is 0 Å². The minimum absolute atomic E-state index is 0.0382. The van der Waals surface area contributed by atoms with Crippen LogP contribution in [0.1, 0.15) is 27.2 Å². The number of pyridine rings is 1. The van der Waals surface area contributed by atoms with Gasteiger partial charge < -0.3 is 14.5 Å². The van der Waals surface area contributed by atoms with Gasteiger partial charge in [0, 0.05) is 18.9 Å². The van der Waals surface area contributed by atoms with E-state index in [1.54, 1.807) is 24.3 Å². The molecular formula is C23H18F3N3O2. The number of fused-ring (bicyclic) bond motifs is 1. The topological polar surface area (TPSA) is 55.6 Å². The van der Waals surface area contributed by atoms with Gasteiger partial charge in [-0.3, -0.25) is 4.79 Å². The Bertz CT molecular complexity index is 1180. The molecule has 31 heavy (non-hydrogen) atoms. The number of imidazole rings is 1. The number of rotatable bonds is 6. The number of halogens is 3. The van der Waals surface area contributed by atoms with Crippen LogP contribution in [0.5, 0.6) is 5.75 Å². The summed E-state index contributed by atoms with van der Waals surface area (Å²) in [6.45, 7) is 0.128. The summed E-state index contributed by atoms with van der Waals surface area (Å²) in [5.41, 5.74) is 1.37. The van der Waals surface area contributed by atoms with Crippen LogP contribution in [0.15, 0.2) is 79.1 Å². The first-order valence-electron chi connectivity index (χ1n) is 9.49.